The molecule has 12 heteroatoms. The van der Waals surface area contributed by atoms with Gasteiger partial charge >= 0.3 is 0 Å². The Kier molecular flexibility index (Phi) is 7.25. The third-order valence-electron chi connectivity index (χ3n) is 7.83. The number of hydrogen-bond acceptors (Lipinski definition) is 9. The molecule has 0 amide bonds. The molecule has 0 saturated heterocycles. The van der Waals surface area contributed by atoms with Crippen molar-refractivity contribution in [2.75, 3.05) is 13.1 Å². The van der Waals surface area contributed by atoms with Gasteiger partial charge in [-0.15, -0.1) is 32.8 Å². The molecular formula is C27H35ClN8O3. The van der Waals surface area contributed by atoms with Crippen LogP contribution in [-0.2, 0) is 13.1 Å². The zero-order chi connectivity index (χ0) is 26.7. The maximum atomic E-state index is 14.4. The van der Waals surface area contributed by atoms with Gasteiger partial charge in [-0.25, -0.2) is 0 Å². The first kappa shape index (κ1) is 27.3. The highest BCUT2D eigenvalue weighted by Crippen LogP contribution is 2.42. The van der Waals surface area contributed by atoms with Gasteiger partial charge in [0.25, 0.3) is 11.8 Å². The average molecular weight is 555 g/mol. The van der Waals surface area contributed by atoms with Gasteiger partial charge in [0, 0.05) is 60.5 Å². The van der Waals surface area contributed by atoms with E-state index in [-0.39, 0.29) is 18.2 Å². The van der Waals surface area contributed by atoms with Gasteiger partial charge in [-0.2, -0.15) is 0 Å². The maximum Gasteiger partial charge on any atom is 0.264 e. The van der Waals surface area contributed by atoms with Crippen LogP contribution in [0.15, 0.2) is 8.83 Å². The van der Waals surface area contributed by atoms with E-state index in [1.54, 1.807) is 0 Å². The Morgan fingerprint density at radius 3 is 1.46 bits per heavy atom. The summed E-state index contributed by atoms with van der Waals surface area (Å²) in [4.78, 5) is 14.4. The first-order valence-electron chi connectivity index (χ1n) is 13.4. The summed E-state index contributed by atoms with van der Waals surface area (Å²) in [5, 5.41) is 17.2. The standard InChI is InChI=1S/C27H34N8O3.ClH/c1-13-19(15(3)34(11-9-28)21(13)26-32-30-24(37-26)17-5-6-17)23(36)20-14(2)22(35(12-10-29)16(20)4)27-33-31-25(38-27)18-7-8-18;/h17-18H,5-12,28-29H2,1-4H3;1H. The summed E-state index contributed by atoms with van der Waals surface area (Å²) >= 11 is 0. The zero-order valence-electron chi connectivity index (χ0n) is 22.8. The smallest absolute Gasteiger partial charge is 0.264 e. The summed E-state index contributed by atoms with van der Waals surface area (Å²) in [6, 6.07) is 0. The van der Waals surface area contributed by atoms with Gasteiger partial charge < -0.3 is 29.4 Å². The van der Waals surface area contributed by atoms with Gasteiger partial charge in [0.2, 0.25) is 11.8 Å². The van der Waals surface area contributed by atoms with E-state index in [4.69, 9.17) is 20.3 Å². The summed E-state index contributed by atoms with van der Waals surface area (Å²) in [5.41, 5.74) is 17.9. The van der Waals surface area contributed by atoms with Crippen molar-refractivity contribution in [3.63, 3.8) is 0 Å². The van der Waals surface area contributed by atoms with Crippen molar-refractivity contribution < 1.29 is 13.6 Å². The number of nitrogens with zero attached hydrogens (tertiary/aromatic N) is 6. The molecular weight excluding hydrogens is 520 g/mol. The second kappa shape index (κ2) is 10.4. The van der Waals surface area contributed by atoms with Crippen molar-refractivity contribution in [2.45, 2.75) is 78.3 Å². The lowest BCUT2D eigenvalue weighted by Gasteiger charge is -2.09. The molecule has 39 heavy (non-hydrogen) atoms. The number of nitrogens with two attached hydrogens (primary N) is 2. The third kappa shape index (κ3) is 4.52. The van der Waals surface area contributed by atoms with Gasteiger partial charge in [-0.1, -0.05) is 0 Å². The molecule has 4 aromatic heterocycles. The fourth-order valence-corrected chi connectivity index (χ4v) is 5.60. The summed E-state index contributed by atoms with van der Waals surface area (Å²) in [6.07, 6.45) is 4.26. The van der Waals surface area contributed by atoms with Crippen molar-refractivity contribution in [1.29, 1.82) is 0 Å². The van der Waals surface area contributed by atoms with E-state index in [2.05, 4.69) is 20.4 Å². The molecule has 0 spiro atoms. The third-order valence-corrected chi connectivity index (χ3v) is 7.83. The van der Waals surface area contributed by atoms with E-state index in [0.717, 1.165) is 59.6 Å². The normalized spacial score (nSPS) is 15.1. The molecule has 2 saturated carbocycles. The van der Waals surface area contributed by atoms with E-state index in [9.17, 15) is 4.79 Å². The molecule has 0 unspecified atom stereocenters. The lowest BCUT2D eigenvalue weighted by molar-refractivity contribution is 0.103. The minimum atomic E-state index is -0.0760. The van der Waals surface area contributed by atoms with Gasteiger partial charge in [0.15, 0.2) is 5.78 Å². The van der Waals surface area contributed by atoms with Crippen LogP contribution < -0.4 is 11.5 Å². The summed E-state index contributed by atoms with van der Waals surface area (Å²) < 4.78 is 16.2. The Labute approximate surface area is 232 Å². The van der Waals surface area contributed by atoms with Crippen molar-refractivity contribution in [3.05, 3.63) is 45.4 Å². The minimum Gasteiger partial charge on any atom is -0.419 e. The number of ketones is 1. The predicted octanol–water partition coefficient (Wildman–Crippen LogP) is 3.95. The Balaban J connectivity index is 0.00000308. The highest BCUT2D eigenvalue weighted by Gasteiger charge is 2.35. The molecule has 208 valence electrons. The van der Waals surface area contributed by atoms with Crippen LogP contribution in [0.25, 0.3) is 23.2 Å². The first-order chi connectivity index (χ1) is 18.3. The minimum absolute atomic E-state index is 0. The maximum absolute atomic E-state index is 14.4. The number of carbonyl (C=O) groups excluding carboxylic acids is 1. The van der Waals surface area contributed by atoms with Crippen LogP contribution in [0.5, 0.6) is 0 Å². The molecule has 11 nitrogen and oxygen atoms in total. The van der Waals surface area contributed by atoms with E-state index < -0.39 is 0 Å². The zero-order valence-corrected chi connectivity index (χ0v) is 23.6. The summed E-state index contributed by atoms with van der Waals surface area (Å²) in [5.74, 6) is 2.77. The molecule has 2 aliphatic carbocycles. The van der Waals surface area contributed by atoms with Crippen molar-refractivity contribution in [2.24, 2.45) is 11.5 Å². The first-order valence-corrected chi connectivity index (χ1v) is 13.4. The van der Waals surface area contributed by atoms with Crippen molar-refractivity contribution in [3.8, 4) is 23.2 Å². The van der Waals surface area contributed by atoms with Crippen LogP contribution in [-0.4, -0.2) is 48.4 Å². The van der Waals surface area contributed by atoms with Gasteiger partial charge in [0.1, 0.15) is 11.4 Å². The van der Waals surface area contributed by atoms with E-state index >= 15 is 0 Å². The second-order valence-electron chi connectivity index (χ2n) is 10.5. The second-order valence-corrected chi connectivity index (χ2v) is 10.5. The van der Waals surface area contributed by atoms with Crippen LogP contribution in [0.2, 0.25) is 0 Å². The fraction of sp³-hybridized carbons (Fsp3) is 0.519. The summed E-state index contributed by atoms with van der Waals surface area (Å²) in [6.45, 7) is 9.64. The van der Waals surface area contributed by atoms with Crippen LogP contribution >= 0.6 is 12.4 Å². The Morgan fingerprint density at radius 2 is 1.13 bits per heavy atom. The molecule has 0 aliphatic heterocycles. The average Bonchev–Trinajstić information content (AvgIpc) is 3.79. The molecule has 0 radical (unpaired) electrons. The molecule has 0 aromatic carbocycles. The Bertz CT molecular complexity index is 1420. The van der Waals surface area contributed by atoms with E-state index in [1.165, 1.54) is 0 Å². The molecule has 2 aliphatic rings. The molecule has 4 aromatic rings. The van der Waals surface area contributed by atoms with Crippen molar-refractivity contribution in [1.82, 2.24) is 29.5 Å². The van der Waals surface area contributed by atoms with Gasteiger partial charge in [-0.05, 0) is 64.5 Å². The van der Waals surface area contributed by atoms with Crippen LogP contribution in [0.4, 0.5) is 0 Å². The predicted molar refractivity (Wildman–Crippen MR) is 147 cm³/mol. The number of carbonyl (C=O) groups is 1. The molecule has 0 bridgehead atoms. The quantitative estimate of drug-likeness (QED) is 0.277. The summed E-state index contributed by atoms with van der Waals surface area (Å²) in [7, 11) is 0. The van der Waals surface area contributed by atoms with Crippen LogP contribution in [0.3, 0.4) is 0 Å². The number of halogens is 1. The number of hydrogen-bond donors (Lipinski definition) is 2. The molecule has 6 rings (SSSR count). The largest absolute Gasteiger partial charge is 0.419 e. The van der Waals surface area contributed by atoms with E-state index in [1.807, 2.05) is 36.8 Å². The van der Waals surface area contributed by atoms with Crippen LogP contribution in [0, 0.1) is 27.7 Å². The van der Waals surface area contributed by atoms with Crippen LogP contribution in [0.1, 0.15) is 87.7 Å². The van der Waals surface area contributed by atoms with E-state index in [0.29, 0.717) is 72.7 Å². The molecule has 4 N–H and O–H groups in total. The monoisotopic (exact) mass is 554 g/mol. The molecule has 4 heterocycles. The number of rotatable bonds is 10. The number of aromatic nitrogens is 6. The SMILES string of the molecule is Cc1c(C(=O)c2c(C)c(-c3nnc(C4CC4)o3)n(CCN)c2C)c(C)n(CCN)c1-c1nnc(C2CC2)o1.Cl. The highest BCUT2D eigenvalue weighted by atomic mass is 35.5. The molecule has 0 atom stereocenters. The van der Waals surface area contributed by atoms with Crippen molar-refractivity contribution >= 4 is 18.2 Å². The highest BCUT2D eigenvalue weighted by molar-refractivity contribution is 6.14. The van der Waals surface area contributed by atoms with Gasteiger partial charge in [-0.3, -0.25) is 4.79 Å². The molecule has 2 fully saturated rings. The van der Waals surface area contributed by atoms with Gasteiger partial charge in [0.05, 0.1) is 0 Å². The topological polar surface area (TPSA) is 157 Å². The Morgan fingerprint density at radius 1 is 0.744 bits per heavy atom. The lowest BCUT2D eigenvalue weighted by Crippen LogP contribution is -2.14. The fourth-order valence-electron chi connectivity index (χ4n) is 5.60. The Hall–Kier alpha value is -3.28. The lowest BCUT2D eigenvalue weighted by atomic mass is 9.96.